The topological polar surface area (TPSA) is 93.5 Å². The Morgan fingerprint density at radius 3 is 2.60 bits per heavy atom. The zero-order valence-corrected chi connectivity index (χ0v) is 17.7. The number of benzene rings is 1. The highest BCUT2D eigenvalue weighted by molar-refractivity contribution is 7.89. The quantitative estimate of drug-likeness (QED) is 0.589. The van der Waals surface area contributed by atoms with Crippen LogP contribution in [0.1, 0.15) is 5.69 Å². The molecule has 0 saturated carbocycles. The van der Waals surface area contributed by atoms with Gasteiger partial charge in [0.05, 0.1) is 10.6 Å². The van der Waals surface area contributed by atoms with Crippen molar-refractivity contribution in [3.05, 3.63) is 51.9 Å². The van der Waals surface area contributed by atoms with Crippen molar-refractivity contribution in [3.63, 3.8) is 0 Å². The van der Waals surface area contributed by atoms with Gasteiger partial charge in [0, 0.05) is 56.4 Å². The third-order valence-corrected chi connectivity index (χ3v) is 7.88. The van der Waals surface area contributed by atoms with Gasteiger partial charge < -0.3 is 9.47 Å². The van der Waals surface area contributed by atoms with E-state index in [0.29, 0.717) is 68.1 Å². The fourth-order valence-corrected chi connectivity index (χ4v) is 5.84. The zero-order chi connectivity index (χ0) is 20.7. The highest BCUT2D eigenvalue weighted by Crippen LogP contribution is 2.33. The van der Waals surface area contributed by atoms with E-state index in [1.54, 1.807) is 18.3 Å². The van der Waals surface area contributed by atoms with Crippen LogP contribution in [-0.2, 0) is 16.6 Å². The lowest BCUT2D eigenvalue weighted by Crippen LogP contribution is -2.48. The van der Waals surface area contributed by atoms with Crippen LogP contribution in [0.4, 0.5) is 0 Å². The first-order chi connectivity index (χ1) is 14.5. The Kier molecular flexibility index (Phi) is 4.97. The highest BCUT2D eigenvalue weighted by Gasteiger charge is 2.30. The molecule has 0 N–H and O–H groups in total. The molecule has 2 aliphatic heterocycles. The number of hydrogen-bond donors (Lipinski definition) is 0. The molecule has 0 aliphatic carbocycles. The van der Waals surface area contributed by atoms with Crippen LogP contribution in [0.15, 0.2) is 45.5 Å². The minimum atomic E-state index is -3.62. The molecule has 0 atom stereocenters. The second-order valence-corrected chi connectivity index (χ2v) is 9.94. The Labute approximate surface area is 177 Å². The second-order valence-electron chi connectivity index (χ2n) is 7.13. The van der Waals surface area contributed by atoms with Crippen molar-refractivity contribution in [3.8, 4) is 11.5 Å². The number of piperazine rings is 1. The van der Waals surface area contributed by atoms with E-state index >= 15 is 0 Å². The zero-order valence-electron chi connectivity index (χ0n) is 16.1. The van der Waals surface area contributed by atoms with Crippen LogP contribution < -0.4 is 15.0 Å². The normalized spacial score (nSPS) is 18.0. The van der Waals surface area contributed by atoms with Crippen molar-refractivity contribution in [2.75, 3.05) is 39.4 Å². The van der Waals surface area contributed by atoms with Crippen LogP contribution in [0.3, 0.4) is 0 Å². The number of hydrogen-bond acceptors (Lipinski definition) is 8. The molecule has 2 aliphatic rings. The number of fused-ring (bicyclic) bond motifs is 2. The van der Waals surface area contributed by atoms with Gasteiger partial charge in [0.2, 0.25) is 10.0 Å². The molecule has 0 spiro atoms. The van der Waals surface area contributed by atoms with E-state index in [4.69, 9.17) is 9.47 Å². The molecule has 9 nitrogen and oxygen atoms in total. The third kappa shape index (κ3) is 3.58. The fourth-order valence-electron chi connectivity index (χ4n) is 3.66. The van der Waals surface area contributed by atoms with Crippen LogP contribution in [0.2, 0.25) is 0 Å². The summed E-state index contributed by atoms with van der Waals surface area (Å²) in [6.45, 7) is 3.26. The Bertz CT molecular complexity index is 1250. The van der Waals surface area contributed by atoms with E-state index in [2.05, 4.69) is 9.88 Å². The molecule has 4 heterocycles. The lowest BCUT2D eigenvalue weighted by atomic mass is 10.3. The molecule has 30 heavy (non-hydrogen) atoms. The lowest BCUT2D eigenvalue weighted by Gasteiger charge is -2.33. The minimum absolute atomic E-state index is 0.101. The summed E-state index contributed by atoms with van der Waals surface area (Å²) in [5, 5.41) is 1.83. The molecule has 0 bridgehead atoms. The van der Waals surface area contributed by atoms with Gasteiger partial charge in [-0.1, -0.05) is 0 Å². The van der Waals surface area contributed by atoms with E-state index in [-0.39, 0.29) is 10.5 Å². The maximum atomic E-state index is 13.1. The first-order valence-electron chi connectivity index (χ1n) is 9.59. The van der Waals surface area contributed by atoms with Crippen molar-refractivity contribution < 1.29 is 17.9 Å². The summed E-state index contributed by atoms with van der Waals surface area (Å²) in [4.78, 5) is 19.7. The Hall–Kier alpha value is -2.47. The van der Waals surface area contributed by atoms with Crippen molar-refractivity contribution in [2.45, 2.75) is 11.4 Å². The summed E-state index contributed by atoms with van der Waals surface area (Å²) in [5.74, 6) is 1.03. The summed E-state index contributed by atoms with van der Waals surface area (Å²) in [6, 6.07) is 6.27. The van der Waals surface area contributed by atoms with Crippen LogP contribution in [0.5, 0.6) is 11.5 Å². The molecule has 11 heteroatoms. The molecule has 0 radical (unpaired) electrons. The minimum Gasteiger partial charge on any atom is -0.486 e. The first-order valence-corrected chi connectivity index (χ1v) is 11.9. The van der Waals surface area contributed by atoms with Crippen molar-refractivity contribution >= 4 is 26.3 Å². The van der Waals surface area contributed by atoms with Crippen LogP contribution in [0, 0.1) is 0 Å². The molecule has 1 fully saturated rings. The van der Waals surface area contributed by atoms with E-state index in [1.165, 1.54) is 32.2 Å². The average Bonchev–Trinajstić information content (AvgIpc) is 3.23. The smallest absolute Gasteiger partial charge is 0.258 e. The largest absolute Gasteiger partial charge is 0.486 e. The molecule has 3 aromatic rings. The molecular formula is C19H20N4O5S2. The van der Waals surface area contributed by atoms with Gasteiger partial charge in [0.25, 0.3) is 5.56 Å². The van der Waals surface area contributed by atoms with Crippen molar-refractivity contribution in [1.82, 2.24) is 18.6 Å². The van der Waals surface area contributed by atoms with E-state index in [1.807, 2.05) is 5.38 Å². The molecule has 2 aromatic heterocycles. The summed E-state index contributed by atoms with van der Waals surface area (Å²) in [6.07, 6.45) is 1.71. The maximum absolute atomic E-state index is 13.1. The van der Waals surface area contributed by atoms with Crippen LogP contribution in [-0.4, -0.2) is 66.4 Å². The maximum Gasteiger partial charge on any atom is 0.258 e. The fraction of sp³-hybridized carbons (Fsp3) is 0.368. The van der Waals surface area contributed by atoms with Gasteiger partial charge in [-0.05, 0) is 12.1 Å². The van der Waals surface area contributed by atoms with Gasteiger partial charge in [-0.2, -0.15) is 4.31 Å². The molecular weight excluding hydrogens is 428 g/mol. The monoisotopic (exact) mass is 448 g/mol. The Morgan fingerprint density at radius 2 is 1.80 bits per heavy atom. The van der Waals surface area contributed by atoms with E-state index in [0.717, 1.165) is 0 Å². The lowest BCUT2D eigenvalue weighted by molar-refractivity contribution is 0.170. The van der Waals surface area contributed by atoms with E-state index < -0.39 is 10.0 Å². The predicted octanol–water partition coefficient (Wildman–Crippen LogP) is 1.03. The first kappa shape index (κ1) is 19.5. The Morgan fingerprint density at radius 1 is 1.03 bits per heavy atom. The number of ether oxygens (including phenoxy) is 2. The van der Waals surface area contributed by atoms with Crippen LogP contribution in [0.25, 0.3) is 4.96 Å². The standard InChI is InChI=1S/C19H20N4O5S2/c24-18-11-14(20-19-23(18)7-10-29-19)13-21-3-5-22(6-4-21)30(25,26)15-1-2-16-17(12-15)28-9-8-27-16/h1-2,7,10-12H,3-6,8-9,13H2. The molecule has 158 valence electrons. The summed E-state index contributed by atoms with van der Waals surface area (Å²) >= 11 is 1.42. The number of thiazole rings is 1. The van der Waals surface area contributed by atoms with Gasteiger partial charge in [-0.15, -0.1) is 11.3 Å². The number of nitrogens with zero attached hydrogens (tertiary/aromatic N) is 4. The number of rotatable bonds is 4. The highest BCUT2D eigenvalue weighted by atomic mass is 32.2. The second kappa shape index (κ2) is 7.65. The van der Waals surface area contributed by atoms with Gasteiger partial charge in [-0.25, -0.2) is 13.4 Å². The molecule has 5 rings (SSSR count). The third-order valence-electron chi connectivity index (χ3n) is 5.22. The Balaban J connectivity index is 1.27. The van der Waals surface area contributed by atoms with E-state index in [9.17, 15) is 13.2 Å². The molecule has 1 saturated heterocycles. The number of sulfonamides is 1. The van der Waals surface area contributed by atoms with Gasteiger partial charge in [0.15, 0.2) is 16.5 Å². The SMILES string of the molecule is O=c1cc(CN2CCN(S(=O)(=O)c3ccc4c(c3)OCCO4)CC2)nc2sccn12. The number of aromatic nitrogens is 2. The molecule has 0 amide bonds. The van der Waals surface area contributed by atoms with Gasteiger partial charge >= 0.3 is 0 Å². The van der Waals surface area contributed by atoms with Crippen LogP contribution >= 0.6 is 11.3 Å². The molecule has 1 aromatic carbocycles. The van der Waals surface area contributed by atoms with Crippen molar-refractivity contribution in [2.24, 2.45) is 0 Å². The van der Waals surface area contributed by atoms with Gasteiger partial charge in [-0.3, -0.25) is 14.1 Å². The summed E-state index contributed by atoms with van der Waals surface area (Å²) in [5.41, 5.74) is 0.599. The average molecular weight is 449 g/mol. The molecule has 0 unspecified atom stereocenters. The predicted molar refractivity (Wildman–Crippen MR) is 111 cm³/mol. The summed E-state index contributed by atoms with van der Waals surface area (Å²) < 4.78 is 40.1. The van der Waals surface area contributed by atoms with Crippen molar-refractivity contribution in [1.29, 1.82) is 0 Å². The summed E-state index contributed by atoms with van der Waals surface area (Å²) in [7, 11) is -3.62. The van der Waals surface area contributed by atoms with Gasteiger partial charge in [0.1, 0.15) is 13.2 Å².